The van der Waals surface area contributed by atoms with Crippen molar-refractivity contribution in [2.45, 2.75) is 207 Å². The van der Waals surface area contributed by atoms with Crippen LogP contribution in [-0.2, 0) is 28.6 Å². The van der Waals surface area contributed by atoms with Gasteiger partial charge in [-0.2, -0.15) is 0 Å². The van der Waals surface area contributed by atoms with Crippen LogP contribution in [0.15, 0.2) is 85.1 Å². The van der Waals surface area contributed by atoms with Crippen molar-refractivity contribution in [1.82, 2.24) is 0 Å². The molecule has 57 heavy (non-hydrogen) atoms. The van der Waals surface area contributed by atoms with Crippen LogP contribution in [0.5, 0.6) is 0 Å². The maximum absolute atomic E-state index is 12.7. The summed E-state index contributed by atoms with van der Waals surface area (Å²) in [5.41, 5.74) is 0. The van der Waals surface area contributed by atoms with Gasteiger partial charge < -0.3 is 14.2 Å². The van der Waals surface area contributed by atoms with E-state index in [1.807, 2.05) is 18.2 Å². The van der Waals surface area contributed by atoms with Gasteiger partial charge in [-0.3, -0.25) is 14.4 Å². The predicted octanol–water partition coefficient (Wildman–Crippen LogP) is 14.9. The molecule has 0 N–H and O–H groups in total. The molecule has 0 radical (unpaired) electrons. The van der Waals surface area contributed by atoms with E-state index in [1.54, 1.807) is 0 Å². The smallest absolute Gasteiger partial charge is 0.306 e. The Kier molecular flexibility index (Phi) is 42.6. The van der Waals surface area contributed by atoms with Gasteiger partial charge in [0.05, 0.1) is 0 Å². The van der Waals surface area contributed by atoms with E-state index in [0.717, 1.165) is 70.6 Å². The molecule has 0 aliphatic carbocycles. The number of unbranched alkanes of at least 4 members (excludes halogenated alkanes) is 17. The van der Waals surface area contributed by atoms with E-state index in [-0.39, 0.29) is 38.0 Å². The molecule has 0 aromatic heterocycles. The van der Waals surface area contributed by atoms with Crippen LogP contribution in [0.1, 0.15) is 201 Å². The number of carbonyl (C=O) groups is 3. The van der Waals surface area contributed by atoms with Crippen LogP contribution in [0, 0.1) is 0 Å². The van der Waals surface area contributed by atoms with E-state index < -0.39 is 12.1 Å². The number of rotatable bonds is 40. The van der Waals surface area contributed by atoms with Crippen LogP contribution in [0.4, 0.5) is 0 Å². The lowest BCUT2D eigenvalue weighted by atomic mass is 10.1. The Bertz CT molecular complexity index is 1140. The minimum absolute atomic E-state index is 0.128. The van der Waals surface area contributed by atoms with Gasteiger partial charge in [0.2, 0.25) is 0 Å². The van der Waals surface area contributed by atoms with Gasteiger partial charge in [-0.1, -0.05) is 189 Å². The molecule has 0 amide bonds. The van der Waals surface area contributed by atoms with Crippen LogP contribution in [0.3, 0.4) is 0 Å². The summed E-state index contributed by atoms with van der Waals surface area (Å²) in [6.45, 7) is 6.34. The second-order valence-corrected chi connectivity index (χ2v) is 15.0. The van der Waals surface area contributed by atoms with E-state index in [4.69, 9.17) is 14.2 Å². The number of hydrogen-bond donors (Lipinski definition) is 0. The van der Waals surface area contributed by atoms with Crippen molar-refractivity contribution in [2.75, 3.05) is 13.2 Å². The molecule has 0 saturated heterocycles. The van der Waals surface area contributed by atoms with Gasteiger partial charge in [0.25, 0.3) is 0 Å². The summed E-state index contributed by atoms with van der Waals surface area (Å²) in [5, 5.41) is 0. The zero-order chi connectivity index (χ0) is 41.5. The second-order valence-electron chi connectivity index (χ2n) is 15.0. The lowest BCUT2D eigenvalue weighted by Gasteiger charge is -2.18. The van der Waals surface area contributed by atoms with Crippen molar-refractivity contribution in [2.24, 2.45) is 0 Å². The highest BCUT2D eigenvalue weighted by Gasteiger charge is 2.19. The van der Waals surface area contributed by atoms with Gasteiger partial charge in [0.15, 0.2) is 6.10 Å². The molecule has 0 bridgehead atoms. The van der Waals surface area contributed by atoms with E-state index in [2.05, 4.69) is 87.6 Å². The zero-order valence-electron chi connectivity index (χ0n) is 36.8. The Morgan fingerprint density at radius 3 is 1.30 bits per heavy atom. The molecule has 324 valence electrons. The molecule has 0 heterocycles. The summed E-state index contributed by atoms with van der Waals surface area (Å²) in [6, 6.07) is 0. The van der Waals surface area contributed by atoms with E-state index >= 15 is 0 Å². The summed E-state index contributed by atoms with van der Waals surface area (Å²) >= 11 is 0. The Balaban J connectivity index is 4.57. The van der Waals surface area contributed by atoms with Gasteiger partial charge in [0.1, 0.15) is 13.2 Å². The minimum atomic E-state index is -0.836. The fourth-order valence-electron chi connectivity index (χ4n) is 5.96. The summed E-state index contributed by atoms with van der Waals surface area (Å²) in [5.74, 6) is -1.09. The summed E-state index contributed by atoms with van der Waals surface area (Å²) in [4.78, 5) is 37.7. The minimum Gasteiger partial charge on any atom is -0.462 e. The fourth-order valence-corrected chi connectivity index (χ4v) is 5.96. The van der Waals surface area contributed by atoms with Crippen LogP contribution in [-0.4, -0.2) is 37.2 Å². The highest BCUT2D eigenvalue weighted by molar-refractivity contribution is 5.71. The Hall–Kier alpha value is -3.41. The topological polar surface area (TPSA) is 78.9 Å². The highest BCUT2D eigenvalue weighted by atomic mass is 16.6. The van der Waals surface area contributed by atoms with Gasteiger partial charge >= 0.3 is 17.9 Å². The van der Waals surface area contributed by atoms with Crippen molar-refractivity contribution in [3.05, 3.63) is 85.1 Å². The second kappa shape index (κ2) is 45.3. The van der Waals surface area contributed by atoms with Crippen molar-refractivity contribution in [1.29, 1.82) is 0 Å². The fraction of sp³-hybridized carbons (Fsp3) is 0.667. The molecule has 0 rings (SSSR count). The molecule has 1 atom stereocenters. The lowest BCUT2D eigenvalue weighted by Crippen LogP contribution is -2.30. The van der Waals surface area contributed by atoms with Crippen LogP contribution >= 0.6 is 0 Å². The number of allylic oxidation sites excluding steroid dienone is 14. The molecule has 0 aromatic carbocycles. The molecular formula is C51H84O6. The van der Waals surface area contributed by atoms with Crippen LogP contribution in [0.25, 0.3) is 0 Å². The van der Waals surface area contributed by atoms with E-state index in [1.165, 1.54) is 77.0 Å². The maximum Gasteiger partial charge on any atom is 0.306 e. The average molecular weight is 793 g/mol. The Morgan fingerprint density at radius 1 is 0.386 bits per heavy atom. The predicted molar refractivity (Wildman–Crippen MR) is 242 cm³/mol. The first-order valence-corrected chi connectivity index (χ1v) is 23.1. The maximum atomic E-state index is 12.7. The molecule has 6 nitrogen and oxygen atoms in total. The monoisotopic (exact) mass is 793 g/mol. The van der Waals surface area contributed by atoms with Crippen molar-refractivity contribution in [3.8, 4) is 0 Å². The van der Waals surface area contributed by atoms with E-state index in [9.17, 15) is 14.4 Å². The lowest BCUT2D eigenvalue weighted by molar-refractivity contribution is -0.166. The molecule has 0 aliphatic rings. The standard InChI is InChI=1S/C51H84O6/c1-4-7-10-13-16-19-22-25-28-31-34-37-40-43-49(52)55-46-48(57-51(54)45-42-39-36-33-30-27-24-21-18-15-12-9-6-3)47-56-50(53)44-41-38-35-32-29-26-23-20-17-14-11-8-5-2/h7,10,13,16,19,22,26-27,29-30,35-36,38-39,48H,4-6,8-9,11-12,14-15,17-18,20-21,23-25,28,31-34,37,40-47H2,1-3H3/b10-7-,16-13-,22-19-,29-26-,30-27-,38-35-,39-36-. The highest BCUT2D eigenvalue weighted by Crippen LogP contribution is 2.11. The summed E-state index contributed by atoms with van der Waals surface area (Å²) in [7, 11) is 0. The molecule has 6 heteroatoms. The van der Waals surface area contributed by atoms with Crippen molar-refractivity contribution >= 4 is 17.9 Å². The van der Waals surface area contributed by atoms with Gasteiger partial charge in [-0.25, -0.2) is 0 Å². The quantitative estimate of drug-likeness (QED) is 0.0202. The first kappa shape index (κ1) is 53.6. The molecule has 1 unspecified atom stereocenters. The summed E-state index contributed by atoms with van der Waals surface area (Å²) in [6.07, 6.45) is 57.3. The Morgan fingerprint density at radius 2 is 0.789 bits per heavy atom. The van der Waals surface area contributed by atoms with E-state index in [0.29, 0.717) is 19.3 Å². The van der Waals surface area contributed by atoms with Crippen molar-refractivity contribution in [3.63, 3.8) is 0 Å². The summed E-state index contributed by atoms with van der Waals surface area (Å²) < 4.78 is 16.6. The molecular weight excluding hydrogens is 709 g/mol. The molecule has 0 fully saturated rings. The first-order chi connectivity index (χ1) is 28.0. The SMILES string of the molecule is CC\C=C/C=C\C=C/CCCCCCCC(=O)OCC(COC(=O)CC/C=C\C/C=C\CCCCCCCC)OC(=O)CC/C=C\C/C=C\CCCCCCCC. The third-order valence-corrected chi connectivity index (χ3v) is 9.44. The third-order valence-electron chi connectivity index (χ3n) is 9.44. The number of esters is 3. The number of carbonyl (C=O) groups excluding carboxylic acids is 3. The zero-order valence-corrected chi connectivity index (χ0v) is 36.8. The van der Waals surface area contributed by atoms with Gasteiger partial charge in [-0.05, 0) is 77.0 Å². The third kappa shape index (κ3) is 43.6. The van der Waals surface area contributed by atoms with Gasteiger partial charge in [0, 0.05) is 19.3 Å². The van der Waals surface area contributed by atoms with Gasteiger partial charge in [-0.15, -0.1) is 0 Å². The first-order valence-electron chi connectivity index (χ1n) is 23.1. The molecule has 0 aliphatic heterocycles. The average Bonchev–Trinajstić information content (AvgIpc) is 3.21. The van der Waals surface area contributed by atoms with Crippen LogP contribution in [0.2, 0.25) is 0 Å². The largest absolute Gasteiger partial charge is 0.462 e. The van der Waals surface area contributed by atoms with Crippen molar-refractivity contribution < 1.29 is 28.6 Å². The molecule has 0 saturated carbocycles. The normalized spacial score (nSPS) is 12.8. The Labute approximate surface area is 350 Å². The number of ether oxygens (including phenoxy) is 3. The number of hydrogen-bond acceptors (Lipinski definition) is 6. The molecule has 0 aromatic rings. The van der Waals surface area contributed by atoms with Crippen LogP contribution < -0.4 is 0 Å². The molecule has 0 spiro atoms.